The van der Waals surface area contributed by atoms with Crippen molar-refractivity contribution in [3.63, 3.8) is 0 Å². The van der Waals surface area contributed by atoms with E-state index in [2.05, 4.69) is 15.7 Å². The van der Waals surface area contributed by atoms with Crippen LogP contribution in [-0.2, 0) is 4.74 Å². The number of nitrogens with zero attached hydrogens (tertiary/aromatic N) is 2. The molecular formula is C13H14F2N2O. The predicted octanol–water partition coefficient (Wildman–Crippen LogP) is 2.77. The summed E-state index contributed by atoms with van der Waals surface area (Å²) in [6.45, 7) is -1.29. The van der Waals surface area contributed by atoms with Crippen molar-refractivity contribution < 1.29 is 13.5 Å². The van der Waals surface area contributed by atoms with Gasteiger partial charge in [-0.15, -0.1) is 0 Å². The summed E-state index contributed by atoms with van der Waals surface area (Å²) < 4.78 is 28.6. The van der Waals surface area contributed by atoms with E-state index in [4.69, 9.17) is 5.26 Å². The molecule has 1 saturated heterocycles. The molecule has 0 amide bonds. The van der Waals surface area contributed by atoms with Gasteiger partial charge < -0.3 is 9.64 Å². The van der Waals surface area contributed by atoms with Crippen LogP contribution in [0.25, 0.3) is 0 Å². The van der Waals surface area contributed by atoms with E-state index >= 15 is 0 Å². The summed E-state index contributed by atoms with van der Waals surface area (Å²) in [6, 6.07) is 9.35. The Morgan fingerprint density at radius 2 is 1.83 bits per heavy atom. The highest BCUT2D eigenvalue weighted by Crippen LogP contribution is 2.22. The molecule has 1 aliphatic rings. The fourth-order valence-corrected chi connectivity index (χ4v) is 2.14. The summed E-state index contributed by atoms with van der Waals surface area (Å²) in [7, 11) is 0. The first-order chi connectivity index (χ1) is 8.69. The van der Waals surface area contributed by atoms with Crippen LogP contribution in [0.5, 0.6) is 0 Å². The van der Waals surface area contributed by atoms with E-state index in [0.29, 0.717) is 31.5 Å². The van der Waals surface area contributed by atoms with Crippen LogP contribution in [0, 0.1) is 11.3 Å². The van der Waals surface area contributed by atoms with Crippen LogP contribution in [-0.4, -0.2) is 25.8 Å². The standard InChI is InChI=1S/C13H14F2N2O/c14-13(15)18-12-5-7-17(8-6-12)11-3-1-10(9-16)2-4-11/h1-4,12-13H,5-8H2. The van der Waals surface area contributed by atoms with Gasteiger partial charge in [0, 0.05) is 18.8 Å². The van der Waals surface area contributed by atoms with E-state index in [1.54, 1.807) is 12.1 Å². The number of nitriles is 1. The summed E-state index contributed by atoms with van der Waals surface area (Å²) in [6.07, 6.45) is 0.855. The molecule has 96 valence electrons. The summed E-state index contributed by atoms with van der Waals surface area (Å²) >= 11 is 0. The smallest absolute Gasteiger partial charge is 0.345 e. The van der Waals surface area contributed by atoms with Crippen LogP contribution in [0.3, 0.4) is 0 Å². The third-order valence-corrected chi connectivity index (χ3v) is 3.10. The molecule has 0 atom stereocenters. The second-order valence-corrected chi connectivity index (χ2v) is 4.24. The van der Waals surface area contributed by atoms with Gasteiger partial charge in [0.2, 0.25) is 0 Å². The lowest BCUT2D eigenvalue weighted by molar-refractivity contribution is -0.166. The average molecular weight is 252 g/mol. The lowest BCUT2D eigenvalue weighted by Gasteiger charge is -2.33. The predicted molar refractivity (Wildman–Crippen MR) is 63.5 cm³/mol. The Kier molecular flexibility index (Phi) is 4.11. The van der Waals surface area contributed by atoms with Crippen molar-refractivity contribution in [3.8, 4) is 6.07 Å². The molecule has 0 spiro atoms. The molecule has 1 aromatic rings. The van der Waals surface area contributed by atoms with Gasteiger partial charge >= 0.3 is 6.61 Å². The van der Waals surface area contributed by atoms with Crippen LogP contribution in [0.1, 0.15) is 18.4 Å². The van der Waals surface area contributed by atoms with Crippen molar-refractivity contribution in [1.82, 2.24) is 0 Å². The Balaban J connectivity index is 1.91. The minimum absolute atomic E-state index is 0.348. The van der Waals surface area contributed by atoms with Crippen LogP contribution in [0.4, 0.5) is 14.5 Å². The Bertz CT molecular complexity index is 420. The number of hydrogen-bond acceptors (Lipinski definition) is 3. The maximum atomic E-state index is 12.1. The molecule has 0 aliphatic carbocycles. The normalized spacial score (nSPS) is 16.9. The van der Waals surface area contributed by atoms with Crippen molar-refractivity contribution in [1.29, 1.82) is 5.26 Å². The summed E-state index contributed by atoms with van der Waals surface area (Å²) in [5, 5.41) is 8.71. The van der Waals surface area contributed by atoms with Gasteiger partial charge in [-0.1, -0.05) is 0 Å². The van der Waals surface area contributed by atoms with Crippen LogP contribution in [0.2, 0.25) is 0 Å². The van der Waals surface area contributed by atoms with E-state index in [9.17, 15) is 8.78 Å². The number of anilines is 1. The van der Waals surface area contributed by atoms with Gasteiger partial charge in [0.25, 0.3) is 0 Å². The molecule has 0 N–H and O–H groups in total. The molecule has 18 heavy (non-hydrogen) atoms. The molecule has 1 fully saturated rings. The number of benzene rings is 1. The fraction of sp³-hybridized carbons (Fsp3) is 0.462. The monoisotopic (exact) mass is 252 g/mol. The van der Waals surface area contributed by atoms with E-state index in [1.165, 1.54) is 0 Å². The van der Waals surface area contributed by atoms with E-state index in [0.717, 1.165) is 5.69 Å². The zero-order chi connectivity index (χ0) is 13.0. The second-order valence-electron chi connectivity index (χ2n) is 4.24. The zero-order valence-corrected chi connectivity index (χ0v) is 9.85. The van der Waals surface area contributed by atoms with Crippen molar-refractivity contribution in [2.45, 2.75) is 25.6 Å². The molecule has 1 aromatic carbocycles. The molecule has 0 saturated carbocycles. The van der Waals surface area contributed by atoms with Crippen molar-refractivity contribution in [2.24, 2.45) is 0 Å². The number of piperidine rings is 1. The van der Waals surface area contributed by atoms with Crippen LogP contribution < -0.4 is 4.90 Å². The fourth-order valence-electron chi connectivity index (χ4n) is 2.14. The Morgan fingerprint density at radius 3 is 2.33 bits per heavy atom. The van der Waals surface area contributed by atoms with Crippen molar-refractivity contribution in [2.75, 3.05) is 18.0 Å². The lowest BCUT2D eigenvalue weighted by atomic mass is 10.1. The third kappa shape index (κ3) is 3.17. The first kappa shape index (κ1) is 12.8. The first-order valence-electron chi connectivity index (χ1n) is 5.88. The minimum Gasteiger partial charge on any atom is -0.371 e. The first-order valence-corrected chi connectivity index (χ1v) is 5.88. The Hall–Kier alpha value is -1.67. The van der Waals surface area contributed by atoms with Gasteiger partial charge in [0.15, 0.2) is 0 Å². The highest BCUT2D eigenvalue weighted by molar-refractivity contribution is 5.49. The number of hydrogen-bond donors (Lipinski definition) is 0. The number of halogens is 2. The molecule has 3 nitrogen and oxygen atoms in total. The molecule has 0 unspecified atom stereocenters. The van der Waals surface area contributed by atoms with E-state index in [-0.39, 0.29) is 6.10 Å². The minimum atomic E-state index is -2.68. The highest BCUT2D eigenvalue weighted by atomic mass is 19.3. The van der Waals surface area contributed by atoms with E-state index < -0.39 is 6.61 Å². The Labute approximate surface area is 105 Å². The average Bonchev–Trinajstić information content (AvgIpc) is 2.39. The quantitative estimate of drug-likeness (QED) is 0.830. The molecule has 5 heteroatoms. The van der Waals surface area contributed by atoms with Gasteiger partial charge in [0.1, 0.15) is 0 Å². The van der Waals surface area contributed by atoms with Crippen LogP contribution >= 0.6 is 0 Å². The van der Waals surface area contributed by atoms with Crippen molar-refractivity contribution in [3.05, 3.63) is 29.8 Å². The molecule has 0 bridgehead atoms. The van der Waals surface area contributed by atoms with Gasteiger partial charge in [0.05, 0.1) is 17.7 Å². The molecule has 1 heterocycles. The highest BCUT2D eigenvalue weighted by Gasteiger charge is 2.22. The van der Waals surface area contributed by atoms with Crippen molar-refractivity contribution >= 4 is 5.69 Å². The largest absolute Gasteiger partial charge is 0.371 e. The zero-order valence-electron chi connectivity index (χ0n) is 9.85. The summed E-state index contributed by atoms with van der Waals surface area (Å²) in [5.41, 5.74) is 1.64. The topological polar surface area (TPSA) is 36.3 Å². The van der Waals surface area contributed by atoms with Gasteiger partial charge in [-0.05, 0) is 37.1 Å². The third-order valence-electron chi connectivity index (χ3n) is 3.10. The maximum absolute atomic E-state index is 12.1. The lowest BCUT2D eigenvalue weighted by Crippen LogP contribution is -2.37. The van der Waals surface area contributed by atoms with Crippen LogP contribution in [0.15, 0.2) is 24.3 Å². The molecular weight excluding hydrogens is 238 g/mol. The summed E-state index contributed by atoms with van der Waals surface area (Å²) in [5.74, 6) is 0. The number of ether oxygens (including phenoxy) is 1. The maximum Gasteiger partial charge on any atom is 0.345 e. The van der Waals surface area contributed by atoms with Gasteiger partial charge in [-0.3, -0.25) is 0 Å². The van der Waals surface area contributed by atoms with E-state index in [1.807, 2.05) is 12.1 Å². The van der Waals surface area contributed by atoms with Gasteiger partial charge in [-0.2, -0.15) is 14.0 Å². The molecule has 0 radical (unpaired) electrons. The Morgan fingerprint density at radius 1 is 1.22 bits per heavy atom. The second kappa shape index (κ2) is 5.78. The number of rotatable bonds is 3. The summed E-state index contributed by atoms with van der Waals surface area (Å²) in [4.78, 5) is 2.12. The molecule has 1 aliphatic heterocycles. The molecule has 0 aromatic heterocycles. The molecule has 2 rings (SSSR count). The number of alkyl halides is 2. The van der Waals surface area contributed by atoms with Gasteiger partial charge in [-0.25, -0.2) is 0 Å². The SMILES string of the molecule is N#Cc1ccc(N2CCC(OC(F)F)CC2)cc1.